The molecule has 0 spiro atoms. The molecule has 1 saturated heterocycles. The van der Waals surface area contributed by atoms with E-state index in [0.717, 1.165) is 60.2 Å². The standard InChI is InChI=1S/C19H27N2O4/c1-19(2,3)25-18(22)20-9-6-14(7-10-20)4-5-16-12-15-13-21(23)11-8-17(15)24-16/h8,11-14,23H,4-7,9-10H2,1-3H3/q+1. The molecule has 6 heteroatoms. The quantitative estimate of drug-likeness (QED) is 0.681. The number of fused-ring (bicyclic) bond motifs is 1. The summed E-state index contributed by atoms with van der Waals surface area (Å²) in [7, 11) is 0. The molecule has 136 valence electrons. The van der Waals surface area contributed by atoms with Gasteiger partial charge in [0.15, 0.2) is 0 Å². The van der Waals surface area contributed by atoms with E-state index in [1.807, 2.05) is 31.7 Å². The van der Waals surface area contributed by atoms with Gasteiger partial charge in [0.05, 0.1) is 11.5 Å². The van der Waals surface area contributed by atoms with Crippen LogP contribution in [-0.2, 0) is 11.2 Å². The lowest BCUT2D eigenvalue weighted by Gasteiger charge is -2.33. The third-order valence-corrected chi connectivity index (χ3v) is 4.56. The van der Waals surface area contributed by atoms with Crippen LogP contribution in [0.15, 0.2) is 28.9 Å². The van der Waals surface area contributed by atoms with Gasteiger partial charge in [-0.3, -0.25) is 5.21 Å². The van der Waals surface area contributed by atoms with E-state index in [1.54, 1.807) is 18.5 Å². The summed E-state index contributed by atoms with van der Waals surface area (Å²) in [5.41, 5.74) is 0.349. The van der Waals surface area contributed by atoms with Crippen LogP contribution in [0.25, 0.3) is 11.0 Å². The van der Waals surface area contributed by atoms with Gasteiger partial charge in [-0.2, -0.15) is 0 Å². The molecule has 3 rings (SSSR count). The number of amides is 1. The Morgan fingerprint density at radius 2 is 2.12 bits per heavy atom. The largest absolute Gasteiger partial charge is 0.461 e. The number of carbonyl (C=O) groups is 1. The molecule has 1 amide bonds. The molecule has 0 saturated carbocycles. The Kier molecular flexibility index (Phi) is 4.88. The summed E-state index contributed by atoms with van der Waals surface area (Å²) in [4.78, 5) is 13.9. The second kappa shape index (κ2) is 6.94. The number of likely N-dealkylation sites (tertiary alicyclic amines) is 1. The summed E-state index contributed by atoms with van der Waals surface area (Å²) in [5.74, 6) is 1.53. The molecule has 0 aliphatic carbocycles. The van der Waals surface area contributed by atoms with Crippen molar-refractivity contribution in [1.82, 2.24) is 4.90 Å². The van der Waals surface area contributed by atoms with E-state index in [1.165, 1.54) is 0 Å². The minimum atomic E-state index is -0.443. The second-order valence-electron chi connectivity index (χ2n) is 7.81. The van der Waals surface area contributed by atoms with Crippen molar-refractivity contribution in [2.75, 3.05) is 13.1 Å². The molecule has 0 bridgehead atoms. The van der Waals surface area contributed by atoms with Crippen LogP contribution in [-0.4, -0.2) is 34.9 Å². The van der Waals surface area contributed by atoms with Crippen molar-refractivity contribution in [1.29, 1.82) is 0 Å². The van der Waals surface area contributed by atoms with Crippen molar-refractivity contribution in [3.8, 4) is 0 Å². The molecule has 1 fully saturated rings. The van der Waals surface area contributed by atoms with Gasteiger partial charge in [0.2, 0.25) is 12.4 Å². The third-order valence-electron chi connectivity index (χ3n) is 4.56. The lowest BCUT2D eigenvalue weighted by Crippen LogP contribution is -2.41. The maximum Gasteiger partial charge on any atom is 0.410 e. The Labute approximate surface area is 147 Å². The number of aromatic nitrogens is 1. The van der Waals surface area contributed by atoms with Crippen molar-refractivity contribution in [2.24, 2.45) is 5.92 Å². The Morgan fingerprint density at radius 3 is 2.80 bits per heavy atom. The zero-order valence-electron chi connectivity index (χ0n) is 15.2. The lowest BCUT2D eigenvalue weighted by molar-refractivity contribution is -0.904. The Balaban J connectivity index is 1.48. The number of ether oxygens (including phenoxy) is 1. The van der Waals surface area contributed by atoms with Gasteiger partial charge in [0.25, 0.3) is 0 Å². The SMILES string of the molecule is CC(C)(C)OC(=O)N1CCC(CCc2cc3c[n+](O)ccc3o2)CC1. The second-order valence-corrected chi connectivity index (χ2v) is 7.81. The van der Waals surface area contributed by atoms with E-state index in [4.69, 9.17) is 9.15 Å². The van der Waals surface area contributed by atoms with Crippen LogP contribution in [0.2, 0.25) is 0 Å². The maximum absolute atomic E-state index is 12.1. The van der Waals surface area contributed by atoms with Crippen LogP contribution in [0.3, 0.4) is 0 Å². The predicted molar refractivity (Wildman–Crippen MR) is 92.4 cm³/mol. The van der Waals surface area contributed by atoms with Gasteiger partial charge in [-0.15, -0.1) is 0 Å². The first-order valence-electron chi connectivity index (χ1n) is 8.91. The third kappa shape index (κ3) is 4.65. The first-order chi connectivity index (χ1) is 11.8. The van der Waals surface area contributed by atoms with Gasteiger partial charge in [0, 0.05) is 24.2 Å². The lowest BCUT2D eigenvalue weighted by atomic mass is 9.92. The summed E-state index contributed by atoms with van der Waals surface area (Å²) >= 11 is 0. The van der Waals surface area contributed by atoms with Gasteiger partial charge in [-0.25, -0.2) is 4.79 Å². The minimum absolute atomic E-state index is 0.208. The fraction of sp³-hybridized carbons (Fsp3) is 0.579. The van der Waals surface area contributed by atoms with E-state index in [-0.39, 0.29) is 6.09 Å². The highest BCUT2D eigenvalue weighted by molar-refractivity contribution is 5.75. The number of furan rings is 1. The van der Waals surface area contributed by atoms with Gasteiger partial charge in [-0.1, -0.05) is 0 Å². The van der Waals surface area contributed by atoms with Crippen LogP contribution < -0.4 is 4.73 Å². The monoisotopic (exact) mass is 347 g/mol. The highest BCUT2D eigenvalue weighted by atomic mass is 16.6. The number of pyridine rings is 1. The molecule has 2 aromatic heterocycles. The normalized spacial score (nSPS) is 16.4. The predicted octanol–water partition coefficient (Wildman–Crippen LogP) is 3.54. The average molecular weight is 347 g/mol. The Morgan fingerprint density at radius 1 is 1.40 bits per heavy atom. The van der Waals surface area contributed by atoms with Gasteiger partial charge in [-0.05, 0) is 52.0 Å². The van der Waals surface area contributed by atoms with Crippen molar-refractivity contribution in [3.63, 3.8) is 0 Å². The first-order valence-corrected chi connectivity index (χ1v) is 8.91. The smallest absolute Gasteiger partial charge is 0.410 e. The number of nitrogens with zero attached hydrogens (tertiary/aromatic N) is 2. The van der Waals surface area contributed by atoms with Crippen LogP contribution >= 0.6 is 0 Å². The number of aryl methyl sites for hydroxylation is 1. The molecule has 0 atom stereocenters. The van der Waals surface area contributed by atoms with E-state index in [9.17, 15) is 10.0 Å². The fourth-order valence-electron chi connectivity index (χ4n) is 3.24. The summed E-state index contributed by atoms with van der Waals surface area (Å²) in [6, 6.07) is 3.75. The number of hydrogen-bond donors (Lipinski definition) is 1. The molecule has 2 aromatic rings. The number of carbonyl (C=O) groups excluding carboxylic acids is 1. The van der Waals surface area contributed by atoms with Crippen LogP contribution in [0.5, 0.6) is 0 Å². The molecule has 1 aliphatic heterocycles. The molecule has 0 radical (unpaired) electrons. The number of hydrogen-bond acceptors (Lipinski definition) is 4. The maximum atomic E-state index is 12.1. The zero-order valence-corrected chi connectivity index (χ0v) is 15.2. The van der Waals surface area contributed by atoms with E-state index < -0.39 is 5.60 Å². The van der Waals surface area contributed by atoms with Crippen LogP contribution in [0, 0.1) is 5.92 Å². The highest BCUT2D eigenvalue weighted by Gasteiger charge is 2.26. The topological polar surface area (TPSA) is 66.8 Å². The average Bonchev–Trinajstić information content (AvgIpc) is 2.93. The van der Waals surface area contributed by atoms with Crippen LogP contribution in [0.4, 0.5) is 4.79 Å². The van der Waals surface area contributed by atoms with Gasteiger partial charge in [0.1, 0.15) is 16.9 Å². The number of piperidine rings is 1. The molecule has 6 nitrogen and oxygen atoms in total. The molecular weight excluding hydrogens is 320 g/mol. The summed E-state index contributed by atoms with van der Waals surface area (Å²) in [6.45, 7) is 7.18. The summed E-state index contributed by atoms with van der Waals surface area (Å²) < 4.78 is 12.3. The van der Waals surface area contributed by atoms with Crippen LogP contribution in [0.1, 0.15) is 45.8 Å². The fourth-order valence-corrected chi connectivity index (χ4v) is 3.24. The summed E-state index contributed by atoms with van der Waals surface area (Å²) in [5, 5.41) is 10.3. The molecule has 1 aliphatic rings. The highest BCUT2D eigenvalue weighted by Crippen LogP contribution is 2.25. The molecule has 25 heavy (non-hydrogen) atoms. The van der Waals surface area contributed by atoms with E-state index >= 15 is 0 Å². The summed E-state index contributed by atoms with van der Waals surface area (Å²) in [6.07, 6.45) is 6.90. The van der Waals surface area contributed by atoms with Crippen molar-refractivity contribution < 1.29 is 23.9 Å². The zero-order chi connectivity index (χ0) is 18.0. The van der Waals surface area contributed by atoms with Gasteiger partial charge >= 0.3 is 6.09 Å². The van der Waals surface area contributed by atoms with Gasteiger partial charge < -0.3 is 14.1 Å². The molecule has 1 N–H and O–H groups in total. The van der Waals surface area contributed by atoms with E-state index in [0.29, 0.717) is 5.92 Å². The Bertz CT molecular complexity index is 739. The Hall–Kier alpha value is -2.24. The minimum Gasteiger partial charge on any atom is -0.461 e. The molecular formula is C19H27N2O4+. The van der Waals surface area contributed by atoms with Crippen molar-refractivity contribution in [3.05, 3.63) is 30.3 Å². The molecule has 0 unspecified atom stereocenters. The first kappa shape index (κ1) is 17.6. The molecule has 3 heterocycles. The number of rotatable bonds is 3. The van der Waals surface area contributed by atoms with Crippen molar-refractivity contribution >= 4 is 17.1 Å². The van der Waals surface area contributed by atoms with E-state index in [2.05, 4.69) is 0 Å². The molecule has 0 aromatic carbocycles. The van der Waals surface area contributed by atoms with Crippen molar-refractivity contribution in [2.45, 2.75) is 52.1 Å².